The average molecular weight is 439 g/mol. The number of aromatic amines is 1. The molecule has 6 heteroatoms. The molecular weight excluding hydrogens is 400 g/mol. The van der Waals surface area contributed by atoms with E-state index in [-0.39, 0.29) is 5.91 Å². The van der Waals surface area contributed by atoms with E-state index in [1.807, 2.05) is 24.1 Å². The molecule has 2 heterocycles. The van der Waals surface area contributed by atoms with Gasteiger partial charge in [0.15, 0.2) is 0 Å². The summed E-state index contributed by atoms with van der Waals surface area (Å²) in [6, 6.07) is 8.39. The lowest BCUT2D eigenvalue weighted by molar-refractivity contribution is -0.130. The third-order valence-corrected chi connectivity index (χ3v) is 7.26. The van der Waals surface area contributed by atoms with Gasteiger partial charge in [0.2, 0.25) is 5.91 Å². The fourth-order valence-electron chi connectivity index (χ4n) is 5.13. The molecule has 0 unspecified atom stereocenters. The van der Waals surface area contributed by atoms with Gasteiger partial charge in [0.05, 0.1) is 12.8 Å². The van der Waals surface area contributed by atoms with Gasteiger partial charge >= 0.3 is 0 Å². The molecule has 1 aliphatic heterocycles. The van der Waals surface area contributed by atoms with Crippen LogP contribution < -0.4 is 4.74 Å². The number of nitrogens with one attached hydrogen (secondary N) is 1. The van der Waals surface area contributed by atoms with Crippen LogP contribution in [0.1, 0.15) is 54.6 Å². The molecule has 1 aliphatic carbocycles. The summed E-state index contributed by atoms with van der Waals surface area (Å²) in [7, 11) is 3.67. The smallest absolute Gasteiger partial charge is 0.222 e. The first-order chi connectivity index (χ1) is 15.6. The topological polar surface area (TPSA) is 61.5 Å². The second-order valence-corrected chi connectivity index (χ2v) is 9.49. The van der Waals surface area contributed by atoms with Crippen molar-refractivity contribution < 1.29 is 9.53 Å². The van der Waals surface area contributed by atoms with Crippen molar-refractivity contribution in [3.05, 3.63) is 46.8 Å². The molecule has 32 heavy (non-hydrogen) atoms. The summed E-state index contributed by atoms with van der Waals surface area (Å²) >= 11 is 0. The largest absolute Gasteiger partial charge is 0.497 e. The molecule has 0 spiro atoms. The van der Waals surface area contributed by atoms with E-state index in [1.165, 1.54) is 42.5 Å². The number of hydrogen-bond acceptors (Lipinski definition) is 4. The number of rotatable bonds is 9. The van der Waals surface area contributed by atoms with Crippen LogP contribution in [0.2, 0.25) is 0 Å². The van der Waals surface area contributed by atoms with Gasteiger partial charge in [0, 0.05) is 38.7 Å². The number of nitrogens with zero attached hydrogens (tertiary/aromatic N) is 3. The molecule has 2 aliphatic rings. The molecule has 0 bridgehead atoms. The lowest BCUT2D eigenvalue weighted by Crippen LogP contribution is -2.40. The van der Waals surface area contributed by atoms with Crippen LogP contribution in [0.5, 0.6) is 5.75 Å². The van der Waals surface area contributed by atoms with Crippen molar-refractivity contribution >= 4 is 5.91 Å². The predicted octanol–water partition coefficient (Wildman–Crippen LogP) is 3.64. The minimum Gasteiger partial charge on any atom is -0.497 e. The van der Waals surface area contributed by atoms with Crippen LogP contribution >= 0.6 is 0 Å². The highest BCUT2D eigenvalue weighted by Gasteiger charge is 2.23. The van der Waals surface area contributed by atoms with Crippen molar-refractivity contribution in [2.24, 2.45) is 5.92 Å². The lowest BCUT2D eigenvalue weighted by atomic mass is 9.94. The summed E-state index contributed by atoms with van der Waals surface area (Å²) in [6.45, 7) is 4.23. The quantitative estimate of drug-likeness (QED) is 0.649. The molecule has 1 aromatic carbocycles. The van der Waals surface area contributed by atoms with Crippen LogP contribution in [0.25, 0.3) is 0 Å². The van der Waals surface area contributed by atoms with E-state index in [1.54, 1.807) is 7.11 Å². The van der Waals surface area contributed by atoms with E-state index in [0.29, 0.717) is 12.3 Å². The van der Waals surface area contributed by atoms with Gasteiger partial charge in [0.1, 0.15) is 5.75 Å². The zero-order chi connectivity index (χ0) is 22.3. The third-order valence-electron chi connectivity index (χ3n) is 7.26. The highest BCUT2D eigenvalue weighted by molar-refractivity contribution is 5.76. The molecule has 1 N–H and O–H groups in total. The van der Waals surface area contributed by atoms with Crippen molar-refractivity contribution in [1.29, 1.82) is 0 Å². The number of H-pyrrole nitrogens is 1. The monoisotopic (exact) mass is 438 g/mol. The molecule has 1 amide bonds. The number of aryl methyl sites for hydroxylation is 2. The maximum Gasteiger partial charge on any atom is 0.222 e. The summed E-state index contributed by atoms with van der Waals surface area (Å²) in [4.78, 5) is 17.2. The van der Waals surface area contributed by atoms with Crippen LogP contribution in [0.4, 0.5) is 0 Å². The molecule has 174 valence electrons. The Morgan fingerprint density at radius 3 is 2.66 bits per heavy atom. The molecule has 0 saturated carbocycles. The fourth-order valence-corrected chi connectivity index (χ4v) is 5.13. The number of fused-ring (bicyclic) bond motifs is 1. The molecule has 2 aromatic rings. The number of benzene rings is 1. The van der Waals surface area contributed by atoms with E-state index in [4.69, 9.17) is 4.74 Å². The van der Waals surface area contributed by atoms with Gasteiger partial charge in [-0.05, 0) is 87.2 Å². The Kier molecular flexibility index (Phi) is 7.85. The maximum absolute atomic E-state index is 12.7. The van der Waals surface area contributed by atoms with Crippen molar-refractivity contribution in [2.45, 2.75) is 57.8 Å². The average Bonchev–Trinajstić information content (AvgIpc) is 3.25. The Hall–Kier alpha value is -2.34. The van der Waals surface area contributed by atoms with Crippen molar-refractivity contribution in [3.63, 3.8) is 0 Å². The van der Waals surface area contributed by atoms with Crippen LogP contribution in [-0.2, 0) is 30.5 Å². The summed E-state index contributed by atoms with van der Waals surface area (Å²) in [5.41, 5.74) is 5.16. The molecular formula is C26H38N4O2. The summed E-state index contributed by atoms with van der Waals surface area (Å²) < 4.78 is 5.24. The van der Waals surface area contributed by atoms with Gasteiger partial charge in [-0.25, -0.2) is 0 Å². The first kappa shape index (κ1) is 22.8. The predicted molar refractivity (Wildman–Crippen MR) is 127 cm³/mol. The number of carbonyl (C=O) groups is 1. The van der Waals surface area contributed by atoms with Gasteiger partial charge in [-0.2, -0.15) is 5.10 Å². The number of ether oxygens (including phenoxy) is 1. The Balaban J connectivity index is 1.15. The molecule has 0 atom stereocenters. The first-order valence-corrected chi connectivity index (χ1v) is 12.3. The van der Waals surface area contributed by atoms with Gasteiger partial charge in [-0.15, -0.1) is 0 Å². The van der Waals surface area contributed by atoms with Crippen LogP contribution in [-0.4, -0.2) is 66.2 Å². The highest BCUT2D eigenvalue weighted by atomic mass is 16.5. The number of carbonyl (C=O) groups excluding carboxylic acids is 1. The number of likely N-dealkylation sites (tertiary alicyclic amines) is 1. The number of hydrogen-bond donors (Lipinski definition) is 1. The zero-order valence-electron chi connectivity index (χ0n) is 19.7. The SMILES string of the molecule is COc1ccc(CCN2CCC(CN(C)C(=O)CCc3n[nH]c4c3CCCC4)CC2)cc1. The Labute approximate surface area is 192 Å². The summed E-state index contributed by atoms with van der Waals surface area (Å²) in [5, 5.41) is 7.68. The van der Waals surface area contributed by atoms with E-state index in [2.05, 4.69) is 27.2 Å². The first-order valence-electron chi connectivity index (χ1n) is 12.3. The Bertz CT molecular complexity index is 868. The Morgan fingerprint density at radius 2 is 1.91 bits per heavy atom. The summed E-state index contributed by atoms with van der Waals surface area (Å²) in [5.74, 6) is 1.77. The van der Waals surface area contributed by atoms with Gasteiger partial charge in [-0.1, -0.05) is 12.1 Å². The van der Waals surface area contributed by atoms with E-state index >= 15 is 0 Å². The van der Waals surface area contributed by atoms with Crippen LogP contribution in [0.3, 0.4) is 0 Å². The summed E-state index contributed by atoms with van der Waals surface area (Å²) in [6.07, 6.45) is 9.46. The van der Waals surface area contributed by atoms with Crippen molar-refractivity contribution in [3.8, 4) is 5.75 Å². The van der Waals surface area contributed by atoms with Gasteiger partial charge in [0.25, 0.3) is 0 Å². The van der Waals surface area contributed by atoms with E-state index in [0.717, 1.165) is 63.3 Å². The molecule has 1 saturated heterocycles. The van der Waals surface area contributed by atoms with Crippen molar-refractivity contribution in [1.82, 2.24) is 20.0 Å². The number of piperidine rings is 1. The standard InChI is InChI=1S/C26H38N4O2/c1-29(26(31)12-11-25-23-5-3-4-6-24(23)27-28-25)19-21-14-17-30(18-15-21)16-13-20-7-9-22(32-2)10-8-20/h7-10,21H,3-6,11-19H2,1-2H3,(H,27,28). The van der Waals surface area contributed by atoms with E-state index in [9.17, 15) is 4.79 Å². The molecule has 4 rings (SSSR count). The number of methoxy groups -OCH3 is 1. The molecule has 6 nitrogen and oxygen atoms in total. The van der Waals surface area contributed by atoms with E-state index < -0.39 is 0 Å². The van der Waals surface area contributed by atoms with Gasteiger partial charge < -0.3 is 14.5 Å². The highest BCUT2D eigenvalue weighted by Crippen LogP contribution is 2.23. The third kappa shape index (κ3) is 5.91. The normalized spacial score (nSPS) is 17.2. The number of aromatic nitrogens is 2. The zero-order valence-corrected chi connectivity index (χ0v) is 19.7. The molecule has 1 fully saturated rings. The molecule has 1 aromatic heterocycles. The minimum atomic E-state index is 0.250. The van der Waals surface area contributed by atoms with Crippen LogP contribution in [0.15, 0.2) is 24.3 Å². The second-order valence-electron chi connectivity index (χ2n) is 9.49. The fraction of sp³-hybridized carbons (Fsp3) is 0.615. The lowest BCUT2D eigenvalue weighted by Gasteiger charge is -2.34. The second kappa shape index (κ2) is 11.0. The number of amides is 1. The Morgan fingerprint density at radius 1 is 1.16 bits per heavy atom. The maximum atomic E-state index is 12.7. The van der Waals surface area contributed by atoms with Gasteiger partial charge in [-0.3, -0.25) is 9.89 Å². The van der Waals surface area contributed by atoms with Crippen molar-refractivity contribution in [2.75, 3.05) is 40.3 Å². The minimum absolute atomic E-state index is 0.250. The van der Waals surface area contributed by atoms with Crippen LogP contribution in [0, 0.1) is 5.92 Å². The molecule has 0 radical (unpaired) electrons.